The zero-order valence-electron chi connectivity index (χ0n) is 10.6. The average molecular weight is 255 g/mol. The molecular formula is C13H19F2N3. The molecule has 0 aliphatic heterocycles. The maximum atomic E-state index is 13.4. The van der Waals surface area contributed by atoms with Crippen LogP contribution in [-0.2, 0) is 0 Å². The van der Waals surface area contributed by atoms with E-state index in [4.69, 9.17) is 0 Å². The van der Waals surface area contributed by atoms with Crippen LogP contribution in [-0.4, -0.2) is 22.9 Å². The quantitative estimate of drug-likeness (QED) is 0.898. The molecule has 1 aliphatic rings. The predicted octanol–water partition coefficient (Wildman–Crippen LogP) is 2.95. The summed E-state index contributed by atoms with van der Waals surface area (Å²) in [5.74, 6) is -2.42. The van der Waals surface area contributed by atoms with E-state index in [-0.39, 0.29) is 24.8 Å². The van der Waals surface area contributed by atoms with E-state index in [0.717, 1.165) is 12.1 Å². The number of hydrogen-bond acceptors (Lipinski definition) is 3. The Bertz CT molecular complexity index is 370. The molecule has 0 amide bonds. The second-order valence-corrected chi connectivity index (χ2v) is 5.03. The van der Waals surface area contributed by atoms with E-state index in [1.165, 1.54) is 0 Å². The van der Waals surface area contributed by atoms with E-state index >= 15 is 0 Å². The molecule has 0 radical (unpaired) electrons. The van der Waals surface area contributed by atoms with Gasteiger partial charge in [-0.25, -0.2) is 8.78 Å². The molecule has 1 N–H and O–H groups in total. The Labute approximate surface area is 106 Å². The third-order valence-electron chi connectivity index (χ3n) is 3.60. The molecule has 2 unspecified atom stereocenters. The Morgan fingerprint density at radius 2 is 2.33 bits per heavy atom. The summed E-state index contributed by atoms with van der Waals surface area (Å²) in [5.41, 5.74) is 0.828. The van der Waals surface area contributed by atoms with Gasteiger partial charge in [-0.3, -0.25) is 9.97 Å². The Hall–Kier alpha value is -1.10. The fraction of sp³-hybridized carbons (Fsp3) is 0.692. The summed E-state index contributed by atoms with van der Waals surface area (Å²) >= 11 is 0. The van der Waals surface area contributed by atoms with Crippen molar-refractivity contribution in [2.24, 2.45) is 5.92 Å². The minimum Gasteiger partial charge on any atom is -0.312 e. The normalized spacial score (nSPS) is 24.7. The van der Waals surface area contributed by atoms with E-state index in [0.29, 0.717) is 12.8 Å². The Morgan fingerprint density at radius 1 is 1.50 bits per heavy atom. The number of rotatable bonds is 4. The van der Waals surface area contributed by atoms with Crippen LogP contribution in [0.15, 0.2) is 18.6 Å². The minimum atomic E-state index is -2.48. The van der Waals surface area contributed by atoms with Crippen molar-refractivity contribution >= 4 is 0 Å². The van der Waals surface area contributed by atoms with E-state index in [2.05, 4.69) is 15.3 Å². The van der Waals surface area contributed by atoms with Gasteiger partial charge in [0.15, 0.2) is 0 Å². The van der Waals surface area contributed by atoms with Gasteiger partial charge in [-0.05, 0) is 32.2 Å². The number of nitrogens with one attached hydrogen (secondary N) is 1. The van der Waals surface area contributed by atoms with Crippen LogP contribution in [0.25, 0.3) is 0 Å². The van der Waals surface area contributed by atoms with Crippen molar-refractivity contribution in [1.82, 2.24) is 15.3 Å². The molecule has 0 aromatic carbocycles. The van der Waals surface area contributed by atoms with Crippen molar-refractivity contribution in [2.45, 2.75) is 44.1 Å². The molecule has 0 bridgehead atoms. The highest BCUT2D eigenvalue weighted by molar-refractivity contribution is 5.02. The third-order valence-corrected chi connectivity index (χ3v) is 3.60. The van der Waals surface area contributed by atoms with Gasteiger partial charge in [0, 0.05) is 31.4 Å². The maximum Gasteiger partial charge on any atom is 0.248 e. The zero-order valence-corrected chi connectivity index (χ0v) is 10.6. The van der Waals surface area contributed by atoms with Gasteiger partial charge >= 0.3 is 0 Å². The summed E-state index contributed by atoms with van der Waals surface area (Å²) in [6, 6.07) is 0.0117. The summed E-state index contributed by atoms with van der Waals surface area (Å²) < 4.78 is 26.7. The third kappa shape index (κ3) is 3.45. The zero-order chi connectivity index (χ0) is 13.0. The van der Waals surface area contributed by atoms with E-state index < -0.39 is 5.92 Å². The van der Waals surface area contributed by atoms with E-state index in [1.54, 1.807) is 18.6 Å². The van der Waals surface area contributed by atoms with Crippen LogP contribution in [0.3, 0.4) is 0 Å². The molecule has 1 aliphatic carbocycles. The first-order valence-corrected chi connectivity index (χ1v) is 6.42. The molecular weight excluding hydrogens is 236 g/mol. The number of hydrogen-bond donors (Lipinski definition) is 1. The van der Waals surface area contributed by atoms with Gasteiger partial charge < -0.3 is 5.32 Å². The Morgan fingerprint density at radius 3 is 2.94 bits per heavy atom. The highest BCUT2D eigenvalue weighted by Crippen LogP contribution is 2.39. The SMILES string of the molecule is CNC(CC1CCCC(F)(F)C1)c1cnccn1. The van der Waals surface area contributed by atoms with Gasteiger partial charge in [0.2, 0.25) is 5.92 Å². The van der Waals surface area contributed by atoms with Crippen LogP contribution in [0.5, 0.6) is 0 Å². The van der Waals surface area contributed by atoms with Crippen LogP contribution >= 0.6 is 0 Å². The summed E-state index contributed by atoms with van der Waals surface area (Å²) in [7, 11) is 1.83. The Kier molecular flexibility index (Phi) is 4.22. The predicted molar refractivity (Wildman–Crippen MR) is 65.4 cm³/mol. The number of alkyl halides is 2. The van der Waals surface area contributed by atoms with Gasteiger partial charge in [0.05, 0.1) is 11.7 Å². The molecule has 1 aromatic heterocycles. The largest absolute Gasteiger partial charge is 0.312 e. The van der Waals surface area contributed by atoms with E-state index in [1.807, 2.05) is 7.05 Å². The highest BCUT2D eigenvalue weighted by Gasteiger charge is 2.37. The van der Waals surface area contributed by atoms with Crippen LogP contribution in [0.2, 0.25) is 0 Å². The second kappa shape index (κ2) is 5.69. The molecule has 1 aromatic rings. The fourth-order valence-electron chi connectivity index (χ4n) is 2.69. The topological polar surface area (TPSA) is 37.8 Å². The summed E-state index contributed by atoms with van der Waals surface area (Å²) in [6.45, 7) is 0. The molecule has 2 rings (SSSR count). The van der Waals surface area contributed by atoms with Gasteiger partial charge in [0.25, 0.3) is 0 Å². The van der Waals surface area contributed by atoms with Gasteiger partial charge in [-0.1, -0.05) is 0 Å². The summed E-state index contributed by atoms with van der Waals surface area (Å²) in [4.78, 5) is 8.26. The van der Waals surface area contributed by atoms with Crippen LogP contribution in [0.4, 0.5) is 8.78 Å². The first-order valence-electron chi connectivity index (χ1n) is 6.42. The highest BCUT2D eigenvalue weighted by atomic mass is 19.3. The molecule has 1 heterocycles. The maximum absolute atomic E-state index is 13.4. The standard InChI is InChI=1S/C13H19F2N3/c1-16-11(12-9-17-5-6-18-12)7-10-3-2-4-13(14,15)8-10/h5-6,9-11,16H,2-4,7-8H2,1H3. The molecule has 18 heavy (non-hydrogen) atoms. The molecule has 0 spiro atoms. The average Bonchev–Trinajstić information content (AvgIpc) is 2.36. The number of halogens is 2. The first-order chi connectivity index (χ1) is 8.61. The van der Waals surface area contributed by atoms with Gasteiger partial charge in [-0.2, -0.15) is 0 Å². The molecule has 5 heteroatoms. The lowest BCUT2D eigenvalue weighted by molar-refractivity contribution is -0.0548. The fourth-order valence-corrected chi connectivity index (χ4v) is 2.69. The molecule has 3 nitrogen and oxygen atoms in total. The number of nitrogens with zero attached hydrogens (tertiary/aromatic N) is 2. The Balaban J connectivity index is 1.98. The van der Waals surface area contributed by atoms with Gasteiger partial charge in [-0.15, -0.1) is 0 Å². The lowest BCUT2D eigenvalue weighted by atomic mass is 9.82. The molecule has 1 fully saturated rings. The summed E-state index contributed by atoms with van der Waals surface area (Å²) in [6.07, 6.45) is 7.19. The lowest BCUT2D eigenvalue weighted by Gasteiger charge is -2.31. The van der Waals surface area contributed by atoms with Crippen molar-refractivity contribution in [3.63, 3.8) is 0 Å². The van der Waals surface area contributed by atoms with Crippen molar-refractivity contribution < 1.29 is 8.78 Å². The lowest BCUT2D eigenvalue weighted by Crippen LogP contribution is -2.29. The molecule has 2 atom stereocenters. The molecule has 0 saturated heterocycles. The van der Waals surface area contributed by atoms with Gasteiger partial charge in [0.1, 0.15) is 0 Å². The van der Waals surface area contributed by atoms with Crippen LogP contribution in [0, 0.1) is 5.92 Å². The summed E-state index contributed by atoms with van der Waals surface area (Å²) in [5, 5.41) is 3.15. The monoisotopic (exact) mass is 255 g/mol. The minimum absolute atomic E-state index is 0.00540. The smallest absolute Gasteiger partial charge is 0.248 e. The van der Waals surface area contributed by atoms with Crippen molar-refractivity contribution in [3.05, 3.63) is 24.3 Å². The molecule has 1 saturated carbocycles. The van der Waals surface area contributed by atoms with Crippen LogP contribution < -0.4 is 5.32 Å². The van der Waals surface area contributed by atoms with Crippen molar-refractivity contribution in [1.29, 1.82) is 0 Å². The van der Waals surface area contributed by atoms with Crippen LogP contribution in [0.1, 0.15) is 43.8 Å². The first kappa shape index (κ1) is 13.3. The second-order valence-electron chi connectivity index (χ2n) is 5.03. The van der Waals surface area contributed by atoms with Crippen molar-refractivity contribution in [2.75, 3.05) is 7.05 Å². The van der Waals surface area contributed by atoms with Crippen molar-refractivity contribution in [3.8, 4) is 0 Å². The number of aromatic nitrogens is 2. The molecule has 100 valence electrons. The van der Waals surface area contributed by atoms with E-state index in [9.17, 15) is 8.78 Å².